The van der Waals surface area contributed by atoms with Gasteiger partial charge in [0.2, 0.25) is 0 Å². The summed E-state index contributed by atoms with van der Waals surface area (Å²) in [5.41, 5.74) is 1.88. The van der Waals surface area contributed by atoms with Crippen molar-refractivity contribution in [1.82, 2.24) is 10.2 Å². The number of aliphatic imine (C=N–C) groups is 1. The molecule has 1 aliphatic heterocycles. The average molecular weight is 643 g/mol. The van der Waals surface area contributed by atoms with Crippen molar-refractivity contribution in [3.63, 3.8) is 0 Å². The summed E-state index contributed by atoms with van der Waals surface area (Å²) < 4.78 is 4.63. The second-order valence-corrected chi connectivity index (χ2v) is 15.3. The molecule has 1 saturated carbocycles. The minimum atomic E-state index is -0.692. The number of esters is 1. The Morgan fingerprint density at radius 3 is 2.14 bits per heavy atom. The zero-order valence-electron chi connectivity index (χ0n) is 26.9. The fourth-order valence-electron chi connectivity index (χ4n) is 6.42. The maximum absolute atomic E-state index is 14.6. The molecule has 44 heavy (non-hydrogen) atoms. The Bertz CT molecular complexity index is 1390. The lowest BCUT2D eigenvalue weighted by Gasteiger charge is -2.47. The van der Waals surface area contributed by atoms with Crippen LogP contribution in [0, 0.1) is 16.7 Å². The van der Waals surface area contributed by atoms with Gasteiger partial charge in [0.1, 0.15) is 17.9 Å². The third kappa shape index (κ3) is 7.84. The highest BCUT2D eigenvalue weighted by atomic mass is 35.5. The third-order valence-electron chi connectivity index (χ3n) is 8.99. The number of benzene rings is 2. The van der Waals surface area contributed by atoms with E-state index in [1.165, 1.54) is 7.11 Å². The van der Waals surface area contributed by atoms with Crippen molar-refractivity contribution < 1.29 is 19.1 Å². The summed E-state index contributed by atoms with van der Waals surface area (Å²) in [6.07, 6.45) is 5.06. The zero-order chi connectivity index (χ0) is 32.4. The maximum Gasteiger partial charge on any atom is 0.325 e. The number of hydrogen-bond donors (Lipinski definition) is 1. The summed E-state index contributed by atoms with van der Waals surface area (Å²) in [6, 6.07) is 12.2. The number of carbonyl (C=O) groups is 3. The molecule has 1 aliphatic carbocycles. The van der Waals surface area contributed by atoms with Crippen LogP contribution in [0.15, 0.2) is 47.5 Å². The first-order valence-electron chi connectivity index (χ1n) is 15.4. The van der Waals surface area contributed by atoms with Gasteiger partial charge >= 0.3 is 5.97 Å². The minimum Gasteiger partial charge on any atom is -0.468 e. The molecule has 1 heterocycles. The summed E-state index contributed by atoms with van der Waals surface area (Å²) in [5.74, 6) is -0.490. The van der Waals surface area contributed by atoms with E-state index >= 15 is 0 Å². The number of halogens is 2. The molecule has 2 aromatic rings. The number of nitrogens with one attached hydrogen (secondary N) is 1. The lowest BCUT2D eigenvalue weighted by Crippen LogP contribution is -2.51. The smallest absolute Gasteiger partial charge is 0.325 e. The van der Waals surface area contributed by atoms with Crippen molar-refractivity contribution >= 4 is 46.7 Å². The van der Waals surface area contributed by atoms with Crippen LogP contribution in [0.1, 0.15) is 108 Å². The lowest BCUT2D eigenvalue weighted by atomic mass is 9.69. The van der Waals surface area contributed by atoms with Crippen LogP contribution in [0.4, 0.5) is 0 Å². The van der Waals surface area contributed by atoms with Crippen LogP contribution >= 0.6 is 23.2 Å². The van der Waals surface area contributed by atoms with Gasteiger partial charge in [-0.15, -0.1) is 0 Å². The van der Waals surface area contributed by atoms with Crippen molar-refractivity contribution in [2.75, 3.05) is 13.7 Å². The first-order chi connectivity index (χ1) is 20.5. The number of rotatable bonds is 8. The van der Waals surface area contributed by atoms with E-state index in [0.717, 1.165) is 44.1 Å². The molecular formula is C35H45Cl2N3O4. The Labute approximate surface area is 271 Å². The van der Waals surface area contributed by atoms with Gasteiger partial charge in [0, 0.05) is 21.2 Å². The van der Waals surface area contributed by atoms with Crippen LogP contribution in [-0.2, 0) is 14.3 Å². The van der Waals surface area contributed by atoms with E-state index in [0.29, 0.717) is 32.8 Å². The monoisotopic (exact) mass is 641 g/mol. The van der Waals surface area contributed by atoms with Crippen molar-refractivity contribution in [3.8, 4) is 0 Å². The second kappa shape index (κ2) is 13.2. The molecule has 2 aliphatic rings. The standard InChI is InChI=1S/C35H45Cl2N3O4/c1-33(2,3)15-14-28(22-8-10-23(11-9-22)31(42)38-21-29(41)44-7)40-32(43)30(24-18-26(36)20-27(37)19-24)39-35(40)16-12-25(13-17-35)34(4,5)6/h8-11,18-20,25,28H,12-17,21H2,1-7H3,(H,38,42). The van der Waals surface area contributed by atoms with E-state index in [-0.39, 0.29) is 35.2 Å². The predicted octanol–water partition coefficient (Wildman–Crippen LogP) is 8.03. The van der Waals surface area contributed by atoms with Crippen molar-refractivity contribution in [1.29, 1.82) is 0 Å². The maximum atomic E-state index is 14.6. The normalized spacial score (nSPS) is 21.3. The van der Waals surface area contributed by atoms with Crippen molar-refractivity contribution in [2.45, 2.75) is 91.8 Å². The van der Waals surface area contributed by atoms with Gasteiger partial charge in [0.25, 0.3) is 11.8 Å². The van der Waals surface area contributed by atoms with Gasteiger partial charge in [-0.1, -0.05) is 76.9 Å². The number of methoxy groups -OCH3 is 1. The van der Waals surface area contributed by atoms with Crippen LogP contribution in [0.3, 0.4) is 0 Å². The third-order valence-corrected chi connectivity index (χ3v) is 9.43. The zero-order valence-corrected chi connectivity index (χ0v) is 28.4. The first-order valence-corrected chi connectivity index (χ1v) is 16.1. The summed E-state index contributed by atoms with van der Waals surface area (Å²) in [4.78, 5) is 46.1. The summed E-state index contributed by atoms with van der Waals surface area (Å²) >= 11 is 12.8. The Morgan fingerprint density at radius 1 is 1.02 bits per heavy atom. The summed E-state index contributed by atoms with van der Waals surface area (Å²) in [5, 5.41) is 3.50. The molecule has 9 heteroatoms. The molecule has 0 saturated heterocycles. The highest BCUT2D eigenvalue weighted by molar-refractivity contribution is 6.47. The molecule has 1 unspecified atom stereocenters. The lowest BCUT2D eigenvalue weighted by molar-refractivity contribution is -0.139. The molecule has 0 aromatic heterocycles. The molecule has 2 amide bonds. The van der Waals surface area contributed by atoms with Gasteiger partial charge in [-0.2, -0.15) is 0 Å². The first kappa shape index (κ1) is 34.0. The highest BCUT2D eigenvalue weighted by Gasteiger charge is 2.52. The van der Waals surface area contributed by atoms with Crippen LogP contribution in [0.25, 0.3) is 0 Å². The predicted molar refractivity (Wildman–Crippen MR) is 176 cm³/mol. The van der Waals surface area contributed by atoms with Gasteiger partial charge in [-0.3, -0.25) is 19.4 Å². The molecule has 238 valence electrons. The molecular weight excluding hydrogens is 597 g/mol. The molecule has 2 aromatic carbocycles. The van der Waals surface area contributed by atoms with E-state index in [2.05, 4.69) is 51.6 Å². The van der Waals surface area contributed by atoms with Gasteiger partial charge in [0.05, 0.1) is 13.2 Å². The van der Waals surface area contributed by atoms with E-state index < -0.39 is 11.6 Å². The molecule has 0 radical (unpaired) electrons. The SMILES string of the molecule is COC(=O)CNC(=O)c1ccc(C(CCC(C)(C)C)N2C(=O)C(c3cc(Cl)cc(Cl)c3)=NC23CCC(C(C)(C)C)CC3)cc1. The summed E-state index contributed by atoms with van der Waals surface area (Å²) in [7, 11) is 1.28. The van der Waals surface area contributed by atoms with Crippen LogP contribution in [0.2, 0.25) is 10.0 Å². The average Bonchev–Trinajstić information content (AvgIpc) is 3.21. The van der Waals surface area contributed by atoms with Gasteiger partial charge in [-0.05, 0) is 91.2 Å². The molecule has 1 fully saturated rings. The van der Waals surface area contributed by atoms with Crippen molar-refractivity contribution in [3.05, 3.63) is 69.2 Å². The quantitative estimate of drug-likeness (QED) is 0.296. The molecule has 1 N–H and O–H groups in total. The van der Waals surface area contributed by atoms with E-state index in [1.54, 1.807) is 30.3 Å². The molecule has 4 rings (SSSR count). The Hall–Kier alpha value is -2.90. The largest absolute Gasteiger partial charge is 0.468 e. The van der Waals surface area contributed by atoms with E-state index in [4.69, 9.17) is 28.2 Å². The Kier molecular flexibility index (Phi) is 10.2. The summed E-state index contributed by atoms with van der Waals surface area (Å²) in [6.45, 7) is 13.2. The highest BCUT2D eigenvalue weighted by Crippen LogP contribution is 2.50. The topological polar surface area (TPSA) is 88.1 Å². The molecule has 1 spiro atoms. The van der Waals surface area contributed by atoms with Gasteiger partial charge < -0.3 is 15.0 Å². The van der Waals surface area contributed by atoms with Gasteiger partial charge in [0.15, 0.2) is 0 Å². The number of ether oxygens (including phenoxy) is 1. The minimum absolute atomic E-state index is 0.0377. The van der Waals surface area contributed by atoms with Crippen LogP contribution in [-0.4, -0.2) is 47.7 Å². The number of carbonyl (C=O) groups excluding carboxylic acids is 3. The van der Waals surface area contributed by atoms with Crippen LogP contribution < -0.4 is 5.32 Å². The second-order valence-electron chi connectivity index (χ2n) is 14.4. The number of amides is 2. The van der Waals surface area contributed by atoms with Gasteiger partial charge in [-0.25, -0.2) is 0 Å². The number of nitrogens with zero attached hydrogens (tertiary/aromatic N) is 2. The fourth-order valence-corrected chi connectivity index (χ4v) is 6.95. The molecule has 7 nitrogen and oxygen atoms in total. The molecule has 1 atom stereocenters. The van der Waals surface area contributed by atoms with E-state index in [9.17, 15) is 14.4 Å². The Balaban J connectivity index is 1.75. The van der Waals surface area contributed by atoms with Crippen LogP contribution in [0.5, 0.6) is 0 Å². The number of hydrogen-bond acceptors (Lipinski definition) is 5. The molecule has 0 bridgehead atoms. The van der Waals surface area contributed by atoms with E-state index in [1.807, 2.05) is 17.0 Å². The van der Waals surface area contributed by atoms with Crippen molar-refractivity contribution in [2.24, 2.45) is 21.7 Å². The Morgan fingerprint density at radius 2 is 1.61 bits per heavy atom. The fraction of sp³-hybridized carbons (Fsp3) is 0.543.